The number of nitrogens with one attached hydrogen (secondary N) is 2. The Morgan fingerprint density at radius 1 is 1.07 bits per heavy atom. The van der Waals surface area contributed by atoms with Gasteiger partial charge in [0.05, 0.1) is 48.0 Å². The molecule has 0 unspecified atom stereocenters. The molecule has 146 valence electrons. The minimum atomic E-state index is -0.296. The number of imidazole rings is 1. The summed E-state index contributed by atoms with van der Waals surface area (Å²) in [4.78, 5) is 31.6. The first kappa shape index (κ1) is 17.7. The fourth-order valence-electron chi connectivity index (χ4n) is 3.45. The molecule has 0 aliphatic carbocycles. The molecule has 0 saturated carbocycles. The van der Waals surface area contributed by atoms with Crippen LogP contribution in [0, 0.1) is 0 Å². The van der Waals surface area contributed by atoms with Crippen LogP contribution in [0.25, 0.3) is 22.1 Å². The Balaban J connectivity index is 1.33. The maximum Gasteiger partial charge on any atom is 0.275 e. The molecule has 29 heavy (non-hydrogen) atoms. The van der Waals surface area contributed by atoms with Crippen LogP contribution in [-0.4, -0.2) is 57.0 Å². The van der Waals surface area contributed by atoms with Crippen LogP contribution < -0.4 is 5.32 Å². The van der Waals surface area contributed by atoms with E-state index in [9.17, 15) is 4.79 Å². The van der Waals surface area contributed by atoms with E-state index in [4.69, 9.17) is 4.74 Å². The number of ether oxygens (including phenoxy) is 1. The monoisotopic (exact) mass is 388 g/mol. The van der Waals surface area contributed by atoms with Gasteiger partial charge in [-0.05, 0) is 30.3 Å². The summed E-state index contributed by atoms with van der Waals surface area (Å²) < 4.78 is 5.39. The summed E-state index contributed by atoms with van der Waals surface area (Å²) in [5.74, 6) is 0.612. The summed E-state index contributed by atoms with van der Waals surface area (Å²) in [6.45, 7) is 4.09. The Labute approximate surface area is 166 Å². The molecular formula is C21H20N6O2. The Kier molecular flexibility index (Phi) is 4.63. The molecule has 2 aromatic heterocycles. The average molecular weight is 388 g/mol. The third kappa shape index (κ3) is 3.80. The number of hydrogen-bond donors (Lipinski definition) is 2. The normalized spacial score (nSPS) is 15.0. The second-order valence-corrected chi connectivity index (χ2v) is 7.00. The van der Waals surface area contributed by atoms with Crippen LogP contribution in [0.5, 0.6) is 0 Å². The highest BCUT2D eigenvalue weighted by Crippen LogP contribution is 2.19. The predicted octanol–water partition coefficient (Wildman–Crippen LogP) is 2.59. The van der Waals surface area contributed by atoms with E-state index in [0.29, 0.717) is 11.2 Å². The first-order valence-corrected chi connectivity index (χ1v) is 9.56. The van der Waals surface area contributed by atoms with Crippen molar-refractivity contribution in [1.29, 1.82) is 0 Å². The highest BCUT2D eigenvalue weighted by atomic mass is 16.5. The second kappa shape index (κ2) is 7.57. The molecule has 5 rings (SSSR count). The molecule has 0 spiro atoms. The lowest BCUT2D eigenvalue weighted by Gasteiger charge is -2.25. The van der Waals surface area contributed by atoms with Gasteiger partial charge >= 0.3 is 0 Å². The fraction of sp³-hybridized carbons (Fsp3) is 0.238. The second-order valence-electron chi connectivity index (χ2n) is 7.00. The summed E-state index contributed by atoms with van der Waals surface area (Å²) in [6, 6.07) is 13.1. The molecule has 1 amide bonds. The summed E-state index contributed by atoms with van der Waals surface area (Å²) in [7, 11) is 0. The van der Waals surface area contributed by atoms with Crippen molar-refractivity contribution in [2.75, 3.05) is 31.6 Å². The number of fused-ring (bicyclic) bond motifs is 2. The maximum absolute atomic E-state index is 12.6. The molecule has 8 heteroatoms. The van der Waals surface area contributed by atoms with E-state index in [2.05, 4.69) is 30.2 Å². The van der Waals surface area contributed by atoms with E-state index >= 15 is 0 Å². The number of morpholine rings is 1. The van der Waals surface area contributed by atoms with Crippen molar-refractivity contribution < 1.29 is 9.53 Å². The van der Waals surface area contributed by atoms with Gasteiger partial charge in [-0.1, -0.05) is 12.1 Å². The number of aromatic nitrogens is 4. The number of nitrogens with zero attached hydrogens (tertiary/aromatic N) is 4. The van der Waals surface area contributed by atoms with Crippen molar-refractivity contribution in [2.45, 2.75) is 6.54 Å². The summed E-state index contributed by atoms with van der Waals surface area (Å²) >= 11 is 0. The first-order valence-electron chi connectivity index (χ1n) is 9.56. The van der Waals surface area contributed by atoms with Gasteiger partial charge < -0.3 is 15.0 Å². The Hall–Kier alpha value is -3.36. The molecule has 2 aromatic carbocycles. The van der Waals surface area contributed by atoms with Gasteiger partial charge in [0.25, 0.3) is 5.91 Å². The van der Waals surface area contributed by atoms with Crippen LogP contribution in [0.4, 0.5) is 5.69 Å². The fourth-order valence-corrected chi connectivity index (χ4v) is 3.45. The van der Waals surface area contributed by atoms with Crippen molar-refractivity contribution in [3.8, 4) is 0 Å². The van der Waals surface area contributed by atoms with Gasteiger partial charge in [0.1, 0.15) is 11.5 Å². The molecule has 0 bridgehead atoms. The number of H-pyrrole nitrogens is 1. The molecule has 0 atom stereocenters. The number of hydrogen-bond acceptors (Lipinski definition) is 6. The van der Waals surface area contributed by atoms with Gasteiger partial charge in [0, 0.05) is 18.8 Å². The summed E-state index contributed by atoms with van der Waals surface area (Å²) in [6.07, 6.45) is 1.49. The average Bonchev–Trinajstić information content (AvgIpc) is 3.15. The van der Waals surface area contributed by atoms with Gasteiger partial charge in [-0.25, -0.2) is 9.97 Å². The molecule has 1 fully saturated rings. The third-order valence-electron chi connectivity index (χ3n) is 4.95. The summed E-state index contributed by atoms with van der Waals surface area (Å²) in [5, 5.41) is 2.89. The van der Waals surface area contributed by atoms with Crippen molar-refractivity contribution >= 4 is 33.7 Å². The maximum atomic E-state index is 12.6. The lowest BCUT2D eigenvalue weighted by molar-refractivity contribution is 0.0332. The molecular weight excluding hydrogens is 368 g/mol. The van der Waals surface area contributed by atoms with E-state index < -0.39 is 0 Å². The molecule has 4 aromatic rings. The highest BCUT2D eigenvalue weighted by molar-refractivity contribution is 6.04. The smallest absolute Gasteiger partial charge is 0.275 e. The third-order valence-corrected chi connectivity index (χ3v) is 4.95. The topological polar surface area (TPSA) is 96.0 Å². The Morgan fingerprint density at radius 3 is 2.76 bits per heavy atom. The van der Waals surface area contributed by atoms with Gasteiger partial charge in [-0.3, -0.25) is 14.7 Å². The lowest BCUT2D eigenvalue weighted by atomic mass is 10.2. The standard InChI is InChI=1S/C21H20N6O2/c28-21(19-12-22-15-3-1-2-4-16(15)24-19)23-14-5-6-17-18(11-14)26-20(25-17)13-27-7-9-29-10-8-27/h1-6,11-12H,7-10,13H2,(H,23,28)(H,25,26). The quantitative estimate of drug-likeness (QED) is 0.558. The zero-order valence-electron chi connectivity index (χ0n) is 15.8. The number of carbonyl (C=O) groups excluding carboxylic acids is 1. The molecule has 1 aliphatic heterocycles. The van der Waals surface area contributed by atoms with E-state index in [1.54, 1.807) is 0 Å². The number of benzene rings is 2. The van der Waals surface area contributed by atoms with Crippen molar-refractivity contribution in [1.82, 2.24) is 24.8 Å². The van der Waals surface area contributed by atoms with Crippen LogP contribution in [0.1, 0.15) is 16.3 Å². The van der Waals surface area contributed by atoms with Gasteiger partial charge in [0.15, 0.2) is 0 Å². The minimum absolute atomic E-state index is 0.279. The van der Waals surface area contributed by atoms with Gasteiger partial charge in [0.2, 0.25) is 0 Å². The molecule has 3 heterocycles. The minimum Gasteiger partial charge on any atom is -0.379 e. The molecule has 1 aliphatic rings. The lowest BCUT2D eigenvalue weighted by Crippen LogP contribution is -2.35. The van der Waals surface area contributed by atoms with E-state index in [0.717, 1.165) is 55.2 Å². The number of anilines is 1. The molecule has 1 saturated heterocycles. The zero-order chi connectivity index (χ0) is 19.6. The van der Waals surface area contributed by atoms with Crippen LogP contribution in [0.15, 0.2) is 48.7 Å². The number of rotatable bonds is 4. The number of carbonyl (C=O) groups is 1. The molecule has 8 nitrogen and oxygen atoms in total. The largest absolute Gasteiger partial charge is 0.379 e. The first-order chi connectivity index (χ1) is 14.2. The van der Waals surface area contributed by atoms with Crippen LogP contribution in [-0.2, 0) is 11.3 Å². The number of para-hydroxylation sites is 2. The zero-order valence-corrected chi connectivity index (χ0v) is 15.8. The number of aromatic amines is 1. The highest BCUT2D eigenvalue weighted by Gasteiger charge is 2.14. The van der Waals surface area contributed by atoms with E-state index in [-0.39, 0.29) is 11.6 Å². The van der Waals surface area contributed by atoms with Crippen LogP contribution in [0.3, 0.4) is 0 Å². The van der Waals surface area contributed by atoms with Crippen LogP contribution >= 0.6 is 0 Å². The van der Waals surface area contributed by atoms with Crippen molar-refractivity contribution in [3.05, 3.63) is 60.2 Å². The Morgan fingerprint density at radius 2 is 1.90 bits per heavy atom. The van der Waals surface area contributed by atoms with E-state index in [1.165, 1.54) is 6.20 Å². The van der Waals surface area contributed by atoms with Crippen molar-refractivity contribution in [2.24, 2.45) is 0 Å². The van der Waals surface area contributed by atoms with Gasteiger partial charge in [-0.2, -0.15) is 0 Å². The van der Waals surface area contributed by atoms with Crippen LogP contribution in [0.2, 0.25) is 0 Å². The summed E-state index contributed by atoms with van der Waals surface area (Å²) in [5.41, 5.74) is 4.17. The Bertz CT molecular complexity index is 1180. The van der Waals surface area contributed by atoms with Gasteiger partial charge in [-0.15, -0.1) is 0 Å². The molecule has 2 N–H and O–H groups in total. The number of amides is 1. The molecule has 0 radical (unpaired) electrons. The van der Waals surface area contributed by atoms with Crippen molar-refractivity contribution in [3.63, 3.8) is 0 Å². The van der Waals surface area contributed by atoms with E-state index in [1.807, 2.05) is 42.5 Å². The SMILES string of the molecule is O=C(Nc1ccc2nc(CN3CCOCC3)[nH]c2c1)c1cnc2ccccc2n1. The predicted molar refractivity (Wildman–Crippen MR) is 110 cm³/mol.